The molecule has 2 N–H and O–H groups in total. The van der Waals surface area contributed by atoms with Crippen LogP contribution in [-0.2, 0) is 6.42 Å². The average molecular weight is 297 g/mol. The van der Waals surface area contributed by atoms with Crippen LogP contribution in [0.25, 0.3) is 0 Å². The Bertz CT molecular complexity index is 572. The Hall–Kier alpha value is -1.46. The van der Waals surface area contributed by atoms with Crippen molar-refractivity contribution in [3.63, 3.8) is 0 Å². The van der Waals surface area contributed by atoms with Gasteiger partial charge in [-0.25, -0.2) is 13.2 Å². The Morgan fingerprint density at radius 3 is 2.30 bits per heavy atom. The third kappa shape index (κ3) is 4.28. The highest BCUT2D eigenvalue weighted by molar-refractivity contribution is 7.99. The van der Waals surface area contributed by atoms with E-state index in [1.807, 2.05) is 0 Å². The first-order valence-corrected chi connectivity index (χ1v) is 7.11. The molecular formula is C15H14F3NS. The second-order valence-corrected chi connectivity index (χ2v) is 5.56. The lowest BCUT2D eigenvalue weighted by Crippen LogP contribution is -2.26. The molecule has 0 aliphatic heterocycles. The highest BCUT2D eigenvalue weighted by Gasteiger charge is 2.10. The topological polar surface area (TPSA) is 26.0 Å². The van der Waals surface area contributed by atoms with E-state index in [9.17, 15) is 13.2 Å². The van der Waals surface area contributed by atoms with Crippen molar-refractivity contribution in [1.82, 2.24) is 0 Å². The van der Waals surface area contributed by atoms with Crippen LogP contribution in [0.1, 0.15) is 5.56 Å². The van der Waals surface area contributed by atoms with Crippen LogP contribution in [0, 0.1) is 17.5 Å². The highest BCUT2D eigenvalue weighted by atomic mass is 32.2. The van der Waals surface area contributed by atoms with E-state index in [2.05, 4.69) is 0 Å². The summed E-state index contributed by atoms with van der Waals surface area (Å²) in [6, 6.07) is 9.12. The SMILES string of the molecule is NC(CSc1ccc(F)cc1)Cc1cc(F)ccc1F. The van der Waals surface area contributed by atoms with Crippen LogP contribution >= 0.6 is 11.8 Å². The predicted molar refractivity (Wildman–Crippen MR) is 75.2 cm³/mol. The number of hydrogen-bond acceptors (Lipinski definition) is 2. The lowest BCUT2D eigenvalue weighted by atomic mass is 10.1. The number of rotatable bonds is 5. The van der Waals surface area contributed by atoms with Crippen molar-refractivity contribution in [3.8, 4) is 0 Å². The van der Waals surface area contributed by atoms with Gasteiger partial charge in [0.1, 0.15) is 17.5 Å². The molecular weight excluding hydrogens is 283 g/mol. The summed E-state index contributed by atoms with van der Waals surface area (Å²) >= 11 is 1.46. The van der Waals surface area contributed by atoms with Gasteiger partial charge in [-0.05, 0) is 54.4 Å². The van der Waals surface area contributed by atoms with Gasteiger partial charge < -0.3 is 5.73 Å². The molecule has 2 rings (SSSR count). The molecule has 0 fully saturated rings. The van der Waals surface area contributed by atoms with Crippen molar-refractivity contribution < 1.29 is 13.2 Å². The molecule has 0 saturated carbocycles. The normalized spacial score (nSPS) is 12.4. The van der Waals surface area contributed by atoms with Gasteiger partial charge in [-0.15, -0.1) is 11.8 Å². The minimum atomic E-state index is -0.472. The van der Waals surface area contributed by atoms with Crippen molar-refractivity contribution >= 4 is 11.8 Å². The lowest BCUT2D eigenvalue weighted by molar-refractivity contribution is 0.576. The van der Waals surface area contributed by atoms with Crippen LogP contribution in [0.15, 0.2) is 47.4 Å². The van der Waals surface area contributed by atoms with Crippen molar-refractivity contribution in [2.24, 2.45) is 5.73 Å². The maximum atomic E-state index is 13.5. The Balaban J connectivity index is 1.90. The Labute approximate surface area is 120 Å². The third-order valence-electron chi connectivity index (χ3n) is 2.77. The van der Waals surface area contributed by atoms with Gasteiger partial charge in [0.25, 0.3) is 0 Å². The maximum Gasteiger partial charge on any atom is 0.126 e. The van der Waals surface area contributed by atoms with E-state index in [-0.39, 0.29) is 23.8 Å². The van der Waals surface area contributed by atoms with Crippen molar-refractivity contribution in [1.29, 1.82) is 0 Å². The molecule has 0 aliphatic rings. The van der Waals surface area contributed by atoms with Crippen LogP contribution in [-0.4, -0.2) is 11.8 Å². The molecule has 20 heavy (non-hydrogen) atoms. The van der Waals surface area contributed by atoms with Gasteiger partial charge in [0.2, 0.25) is 0 Å². The monoisotopic (exact) mass is 297 g/mol. The van der Waals surface area contributed by atoms with Gasteiger partial charge in [-0.1, -0.05) is 0 Å². The van der Waals surface area contributed by atoms with Crippen LogP contribution in [0.2, 0.25) is 0 Å². The number of thioether (sulfide) groups is 1. The van der Waals surface area contributed by atoms with Crippen LogP contribution in [0.4, 0.5) is 13.2 Å². The fraction of sp³-hybridized carbons (Fsp3) is 0.200. The molecule has 0 saturated heterocycles. The lowest BCUT2D eigenvalue weighted by Gasteiger charge is -2.12. The standard InChI is InChI=1S/C15H14F3NS/c16-11-1-4-14(5-2-11)20-9-13(19)8-10-7-12(17)3-6-15(10)18/h1-7,13H,8-9,19H2. The van der Waals surface area contributed by atoms with E-state index in [0.29, 0.717) is 5.75 Å². The van der Waals surface area contributed by atoms with Gasteiger partial charge in [0.15, 0.2) is 0 Å². The van der Waals surface area contributed by atoms with Crippen molar-refractivity contribution in [3.05, 3.63) is 65.5 Å². The molecule has 2 aromatic rings. The molecule has 0 heterocycles. The molecule has 0 bridgehead atoms. The fourth-order valence-electron chi connectivity index (χ4n) is 1.78. The van der Waals surface area contributed by atoms with Gasteiger partial charge >= 0.3 is 0 Å². The van der Waals surface area contributed by atoms with E-state index in [1.165, 1.54) is 23.9 Å². The first-order valence-electron chi connectivity index (χ1n) is 6.12. The third-order valence-corrected chi connectivity index (χ3v) is 3.97. The van der Waals surface area contributed by atoms with Crippen molar-refractivity contribution in [2.75, 3.05) is 5.75 Å². The van der Waals surface area contributed by atoms with E-state index < -0.39 is 11.6 Å². The molecule has 1 unspecified atom stereocenters. The summed E-state index contributed by atoms with van der Waals surface area (Å²) in [4.78, 5) is 0.890. The molecule has 1 atom stereocenters. The first kappa shape index (κ1) is 14.9. The molecule has 106 valence electrons. The summed E-state index contributed by atoms with van der Waals surface area (Å²) in [6.45, 7) is 0. The van der Waals surface area contributed by atoms with Gasteiger partial charge in [0.05, 0.1) is 0 Å². The molecule has 0 aliphatic carbocycles. The first-order chi connectivity index (χ1) is 9.54. The summed E-state index contributed by atoms with van der Waals surface area (Å²) in [6.07, 6.45) is 0.262. The van der Waals surface area contributed by atoms with E-state index in [0.717, 1.165) is 23.1 Å². The smallest absolute Gasteiger partial charge is 0.126 e. The summed E-state index contributed by atoms with van der Waals surface area (Å²) in [5, 5.41) is 0. The maximum absolute atomic E-state index is 13.5. The van der Waals surface area contributed by atoms with Crippen LogP contribution in [0.3, 0.4) is 0 Å². The van der Waals surface area contributed by atoms with Gasteiger partial charge in [-0.3, -0.25) is 0 Å². The number of halogens is 3. The second kappa shape index (κ2) is 6.81. The van der Waals surface area contributed by atoms with Crippen molar-refractivity contribution in [2.45, 2.75) is 17.4 Å². The number of hydrogen-bond donors (Lipinski definition) is 1. The summed E-state index contributed by atoms with van der Waals surface area (Å²) in [7, 11) is 0. The molecule has 5 heteroatoms. The van der Waals surface area contributed by atoms with Crippen LogP contribution in [0.5, 0.6) is 0 Å². The summed E-state index contributed by atoms with van der Waals surface area (Å²) < 4.78 is 39.2. The number of benzene rings is 2. The Morgan fingerprint density at radius 1 is 0.950 bits per heavy atom. The molecule has 1 nitrogen and oxygen atoms in total. The number of nitrogens with two attached hydrogens (primary N) is 1. The van der Waals surface area contributed by atoms with Crippen LogP contribution < -0.4 is 5.73 Å². The minimum absolute atomic E-state index is 0.262. The predicted octanol–water partition coefficient (Wildman–Crippen LogP) is 3.77. The minimum Gasteiger partial charge on any atom is -0.327 e. The summed E-state index contributed by atoms with van der Waals surface area (Å²) in [5.41, 5.74) is 6.19. The van der Waals surface area contributed by atoms with E-state index >= 15 is 0 Å². The summed E-state index contributed by atoms with van der Waals surface area (Å²) in [5.74, 6) is -0.671. The fourth-order valence-corrected chi connectivity index (χ4v) is 2.63. The molecule has 2 aromatic carbocycles. The molecule has 0 radical (unpaired) electrons. The van der Waals surface area contributed by atoms with Gasteiger partial charge in [0, 0.05) is 16.7 Å². The zero-order valence-corrected chi connectivity index (χ0v) is 11.5. The molecule has 0 aromatic heterocycles. The highest BCUT2D eigenvalue weighted by Crippen LogP contribution is 2.20. The average Bonchev–Trinajstić information content (AvgIpc) is 2.42. The Kier molecular flexibility index (Phi) is 5.09. The van der Waals surface area contributed by atoms with Gasteiger partial charge in [-0.2, -0.15) is 0 Å². The zero-order chi connectivity index (χ0) is 14.5. The molecule has 0 amide bonds. The van der Waals surface area contributed by atoms with E-state index in [1.54, 1.807) is 12.1 Å². The molecule has 0 spiro atoms. The largest absolute Gasteiger partial charge is 0.327 e. The zero-order valence-electron chi connectivity index (χ0n) is 10.7. The van der Waals surface area contributed by atoms with E-state index in [4.69, 9.17) is 5.73 Å². The quantitative estimate of drug-likeness (QED) is 0.850. The Morgan fingerprint density at radius 2 is 1.60 bits per heavy atom. The second-order valence-electron chi connectivity index (χ2n) is 4.46.